The lowest BCUT2D eigenvalue weighted by Gasteiger charge is -2.31. The summed E-state index contributed by atoms with van der Waals surface area (Å²) in [6.07, 6.45) is 3.50. The van der Waals surface area contributed by atoms with Crippen LogP contribution in [0.1, 0.15) is 33.1 Å². The standard InChI is InChI=1S/C14H29N3O2/c1-3-7-17(10-11-18)14(19)15-6-9-16-8-4-5-13(2)12-16/h13,18H,3-12H2,1-2H3,(H,15,19). The summed E-state index contributed by atoms with van der Waals surface area (Å²) >= 11 is 0. The zero-order valence-electron chi connectivity index (χ0n) is 12.4. The van der Waals surface area contributed by atoms with E-state index in [1.165, 1.54) is 12.8 Å². The zero-order chi connectivity index (χ0) is 14.1. The van der Waals surface area contributed by atoms with Crippen LogP contribution in [0.5, 0.6) is 0 Å². The molecule has 1 aliphatic heterocycles. The van der Waals surface area contributed by atoms with E-state index in [-0.39, 0.29) is 12.6 Å². The Morgan fingerprint density at radius 2 is 2.26 bits per heavy atom. The quantitative estimate of drug-likeness (QED) is 0.730. The molecular formula is C14H29N3O2. The first-order chi connectivity index (χ1) is 9.17. The van der Waals surface area contributed by atoms with Crippen LogP contribution < -0.4 is 5.32 Å². The SMILES string of the molecule is CCCN(CCO)C(=O)NCCN1CCCC(C)C1. The number of nitrogens with zero attached hydrogens (tertiary/aromatic N) is 2. The molecule has 0 aromatic heterocycles. The summed E-state index contributed by atoms with van der Waals surface area (Å²) in [6, 6.07) is -0.0547. The van der Waals surface area contributed by atoms with Crippen LogP contribution in [-0.2, 0) is 0 Å². The number of aliphatic hydroxyl groups is 1. The van der Waals surface area contributed by atoms with Gasteiger partial charge in [0.05, 0.1) is 6.61 Å². The van der Waals surface area contributed by atoms with Gasteiger partial charge in [-0.3, -0.25) is 0 Å². The van der Waals surface area contributed by atoms with Gasteiger partial charge < -0.3 is 20.2 Å². The van der Waals surface area contributed by atoms with E-state index in [1.54, 1.807) is 4.90 Å². The maximum Gasteiger partial charge on any atom is 0.317 e. The minimum absolute atomic E-state index is 0.0249. The van der Waals surface area contributed by atoms with Gasteiger partial charge in [0.15, 0.2) is 0 Å². The Bertz CT molecular complexity index is 255. The number of amides is 2. The molecule has 5 nitrogen and oxygen atoms in total. The van der Waals surface area contributed by atoms with E-state index in [1.807, 2.05) is 6.92 Å². The third-order valence-electron chi connectivity index (χ3n) is 3.60. The number of carbonyl (C=O) groups is 1. The molecule has 1 atom stereocenters. The summed E-state index contributed by atoms with van der Waals surface area (Å²) in [5, 5.41) is 11.9. The van der Waals surface area contributed by atoms with Crippen LogP contribution >= 0.6 is 0 Å². The summed E-state index contributed by atoms with van der Waals surface area (Å²) in [5.41, 5.74) is 0. The fourth-order valence-corrected chi connectivity index (χ4v) is 2.63. The first kappa shape index (κ1) is 16.2. The molecule has 0 aromatic carbocycles. The summed E-state index contributed by atoms with van der Waals surface area (Å²) in [7, 11) is 0. The Morgan fingerprint density at radius 3 is 2.89 bits per heavy atom. The predicted octanol–water partition coefficient (Wildman–Crippen LogP) is 1.13. The normalized spacial score (nSPS) is 20.3. The number of nitrogens with one attached hydrogen (secondary N) is 1. The molecular weight excluding hydrogens is 242 g/mol. The Morgan fingerprint density at radius 1 is 1.47 bits per heavy atom. The van der Waals surface area contributed by atoms with E-state index in [0.717, 1.165) is 32.0 Å². The van der Waals surface area contributed by atoms with Crippen LogP contribution in [0.2, 0.25) is 0 Å². The van der Waals surface area contributed by atoms with Crippen LogP contribution in [0.25, 0.3) is 0 Å². The molecule has 0 aliphatic carbocycles. The highest BCUT2D eigenvalue weighted by Gasteiger charge is 2.16. The molecule has 5 heteroatoms. The van der Waals surface area contributed by atoms with E-state index in [9.17, 15) is 4.79 Å². The number of hydrogen-bond donors (Lipinski definition) is 2. The van der Waals surface area contributed by atoms with Crippen molar-refractivity contribution >= 4 is 6.03 Å². The van der Waals surface area contributed by atoms with Gasteiger partial charge in [0.2, 0.25) is 0 Å². The van der Waals surface area contributed by atoms with E-state index in [0.29, 0.717) is 19.6 Å². The maximum absolute atomic E-state index is 11.9. The Hall–Kier alpha value is -0.810. The number of likely N-dealkylation sites (tertiary alicyclic amines) is 1. The second-order valence-corrected chi connectivity index (χ2v) is 5.49. The van der Waals surface area contributed by atoms with Gasteiger partial charge in [-0.1, -0.05) is 13.8 Å². The van der Waals surface area contributed by atoms with Gasteiger partial charge in [-0.15, -0.1) is 0 Å². The van der Waals surface area contributed by atoms with Crippen LogP contribution in [0, 0.1) is 5.92 Å². The van der Waals surface area contributed by atoms with Crippen molar-refractivity contribution in [2.24, 2.45) is 5.92 Å². The Balaban J connectivity index is 2.21. The number of urea groups is 1. The number of aliphatic hydroxyl groups excluding tert-OH is 1. The largest absolute Gasteiger partial charge is 0.395 e. The van der Waals surface area contributed by atoms with E-state index < -0.39 is 0 Å². The molecule has 1 heterocycles. The third kappa shape index (κ3) is 6.25. The summed E-state index contributed by atoms with van der Waals surface area (Å²) in [6.45, 7) is 9.37. The molecule has 1 aliphatic rings. The second kappa shape index (κ2) is 9.15. The fourth-order valence-electron chi connectivity index (χ4n) is 2.63. The number of carbonyl (C=O) groups excluding carboxylic acids is 1. The molecule has 0 spiro atoms. The molecule has 0 aromatic rings. The monoisotopic (exact) mass is 271 g/mol. The first-order valence-electron chi connectivity index (χ1n) is 7.53. The fraction of sp³-hybridized carbons (Fsp3) is 0.929. The van der Waals surface area contributed by atoms with Gasteiger partial charge in [-0.2, -0.15) is 0 Å². The number of hydrogen-bond acceptors (Lipinski definition) is 3. The van der Waals surface area contributed by atoms with Gasteiger partial charge in [-0.25, -0.2) is 4.79 Å². The van der Waals surface area contributed by atoms with Gasteiger partial charge in [-0.05, 0) is 31.7 Å². The average molecular weight is 271 g/mol. The van der Waals surface area contributed by atoms with Crippen molar-refractivity contribution in [1.29, 1.82) is 0 Å². The van der Waals surface area contributed by atoms with Crippen molar-refractivity contribution in [3.63, 3.8) is 0 Å². The molecule has 1 saturated heterocycles. The predicted molar refractivity (Wildman–Crippen MR) is 77.2 cm³/mol. The molecule has 0 saturated carbocycles. The zero-order valence-corrected chi connectivity index (χ0v) is 12.4. The van der Waals surface area contributed by atoms with Gasteiger partial charge in [0.25, 0.3) is 0 Å². The lowest BCUT2D eigenvalue weighted by Crippen LogP contribution is -2.45. The summed E-state index contributed by atoms with van der Waals surface area (Å²) < 4.78 is 0. The molecule has 112 valence electrons. The molecule has 0 bridgehead atoms. The van der Waals surface area contributed by atoms with Crippen LogP contribution in [0.15, 0.2) is 0 Å². The van der Waals surface area contributed by atoms with Gasteiger partial charge >= 0.3 is 6.03 Å². The Labute approximate surface area is 117 Å². The highest BCUT2D eigenvalue weighted by molar-refractivity contribution is 5.74. The van der Waals surface area contributed by atoms with Crippen molar-refractivity contribution in [2.45, 2.75) is 33.1 Å². The highest BCUT2D eigenvalue weighted by atomic mass is 16.3. The van der Waals surface area contributed by atoms with Gasteiger partial charge in [0.1, 0.15) is 0 Å². The van der Waals surface area contributed by atoms with E-state index in [4.69, 9.17) is 5.11 Å². The average Bonchev–Trinajstić information content (AvgIpc) is 2.38. The molecule has 0 radical (unpaired) electrons. The second-order valence-electron chi connectivity index (χ2n) is 5.49. The molecule has 19 heavy (non-hydrogen) atoms. The van der Waals surface area contributed by atoms with E-state index >= 15 is 0 Å². The minimum atomic E-state index is -0.0547. The van der Waals surface area contributed by atoms with Crippen molar-refractivity contribution in [1.82, 2.24) is 15.1 Å². The smallest absolute Gasteiger partial charge is 0.317 e. The number of rotatable bonds is 7. The minimum Gasteiger partial charge on any atom is -0.395 e. The molecule has 1 unspecified atom stereocenters. The highest BCUT2D eigenvalue weighted by Crippen LogP contribution is 2.14. The van der Waals surface area contributed by atoms with Crippen LogP contribution in [-0.4, -0.2) is 66.8 Å². The van der Waals surface area contributed by atoms with Crippen molar-refractivity contribution < 1.29 is 9.90 Å². The molecule has 1 fully saturated rings. The van der Waals surface area contributed by atoms with E-state index in [2.05, 4.69) is 17.1 Å². The van der Waals surface area contributed by atoms with Crippen molar-refractivity contribution in [3.05, 3.63) is 0 Å². The topological polar surface area (TPSA) is 55.8 Å². The van der Waals surface area contributed by atoms with Crippen LogP contribution in [0.3, 0.4) is 0 Å². The van der Waals surface area contributed by atoms with Crippen LogP contribution in [0.4, 0.5) is 4.79 Å². The lowest BCUT2D eigenvalue weighted by molar-refractivity contribution is 0.167. The Kier molecular flexibility index (Phi) is 7.82. The lowest BCUT2D eigenvalue weighted by atomic mass is 10.0. The molecule has 1 rings (SSSR count). The van der Waals surface area contributed by atoms with Crippen molar-refractivity contribution in [2.75, 3.05) is 45.9 Å². The molecule has 2 amide bonds. The van der Waals surface area contributed by atoms with Crippen molar-refractivity contribution in [3.8, 4) is 0 Å². The molecule has 2 N–H and O–H groups in total. The summed E-state index contributed by atoms with van der Waals surface area (Å²) in [4.78, 5) is 16.0. The number of piperidine rings is 1. The maximum atomic E-state index is 11.9. The summed E-state index contributed by atoms with van der Waals surface area (Å²) in [5.74, 6) is 0.774. The first-order valence-corrected chi connectivity index (χ1v) is 7.53. The third-order valence-corrected chi connectivity index (χ3v) is 3.60. The van der Waals surface area contributed by atoms with Gasteiger partial charge in [0, 0.05) is 32.7 Å².